The first-order valence-electron chi connectivity index (χ1n) is 9.65. The molecule has 6 nitrogen and oxygen atoms in total. The topological polar surface area (TPSA) is 73.2 Å². The highest BCUT2D eigenvalue weighted by molar-refractivity contribution is 7.99. The van der Waals surface area contributed by atoms with Gasteiger partial charge < -0.3 is 10.1 Å². The van der Waals surface area contributed by atoms with Crippen molar-refractivity contribution >= 4 is 28.6 Å². The van der Waals surface area contributed by atoms with Crippen molar-refractivity contribution < 1.29 is 9.53 Å². The van der Waals surface area contributed by atoms with Gasteiger partial charge in [-0.15, -0.1) is 0 Å². The Kier molecular flexibility index (Phi) is 6.93. The smallest absolute Gasteiger partial charge is 0.266 e. The van der Waals surface area contributed by atoms with Crippen LogP contribution in [0.1, 0.15) is 26.7 Å². The Morgan fingerprint density at radius 1 is 1.17 bits per heavy atom. The van der Waals surface area contributed by atoms with Crippen LogP contribution in [0.15, 0.2) is 58.5 Å². The molecule has 1 N–H and O–H groups in total. The van der Waals surface area contributed by atoms with E-state index in [0.29, 0.717) is 27.5 Å². The molecule has 1 amide bonds. The molecule has 0 aliphatic rings. The van der Waals surface area contributed by atoms with Crippen molar-refractivity contribution in [1.82, 2.24) is 14.9 Å². The van der Waals surface area contributed by atoms with Gasteiger partial charge in [0.25, 0.3) is 5.56 Å². The summed E-state index contributed by atoms with van der Waals surface area (Å²) in [7, 11) is 1.58. The molecule has 0 fully saturated rings. The third kappa shape index (κ3) is 4.79. The van der Waals surface area contributed by atoms with Crippen molar-refractivity contribution in [2.45, 2.75) is 37.9 Å². The number of fused-ring (bicyclic) bond motifs is 1. The maximum absolute atomic E-state index is 13.2. The number of rotatable bonds is 8. The molecule has 3 rings (SSSR count). The van der Waals surface area contributed by atoms with Gasteiger partial charge in [-0.1, -0.05) is 43.8 Å². The number of amides is 1. The van der Waals surface area contributed by atoms with Gasteiger partial charge in [0.15, 0.2) is 5.16 Å². The van der Waals surface area contributed by atoms with E-state index in [-0.39, 0.29) is 23.3 Å². The molecule has 29 heavy (non-hydrogen) atoms. The molecule has 0 unspecified atom stereocenters. The zero-order valence-corrected chi connectivity index (χ0v) is 17.7. The largest absolute Gasteiger partial charge is 0.497 e. The summed E-state index contributed by atoms with van der Waals surface area (Å²) in [6.45, 7) is 4.10. The first-order valence-corrected chi connectivity index (χ1v) is 10.6. The lowest BCUT2D eigenvalue weighted by Crippen LogP contribution is -2.35. The fourth-order valence-corrected chi connectivity index (χ4v) is 3.90. The molecule has 3 aromatic rings. The number of carbonyl (C=O) groups is 1. The van der Waals surface area contributed by atoms with Gasteiger partial charge in [-0.05, 0) is 37.1 Å². The quantitative estimate of drug-likeness (QED) is 0.451. The molecular weight excluding hydrogens is 386 g/mol. The van der Waals surface area contributed by atoms with E-state index in [2.05, 4.69) is 10.3 Å². The molecule has 0 saturated heterocycles. The van der Waals surface area contributed by atoms with Crippen LogP contribution in [0.5, 0.6) is 5.75 Å². The molecule has 0 radical (unpaired) electrons. The third-order valence-corrected chi connectivity index (χ3v) is 5.68. The lowest BCUT2D eigenvalue weighted by molar-refractivity contribution is -0.119. The van der Waals surface area contributed by atoms with Crippen LogP contribution in [-0.2, 0) is 4.79 Å². The Balaban J connectivity index is 2.01. The van der Waals surface area contributed by atoms with Crippen molar-refractivity contribution in [3.8, 4) is 11.4 Å². The second kappa shape index (κ2) is 9.60. The third-order valence-electron chi connectivity index (χ3n) is 4.74. The minimum Gasteiger partial charge on any atom is -0.497 e. The number of thioether (sulfide) groups is 1. The normalized spacial score (nSPS) is 11.0. The summed E-state index contributed by atoms with van der Waals surface area (Å²) in [5.41, 5.74) is 1.09. The van der Waals surface area contributed by atoms with Gasteiger partial charge in [0, 0.05) is 12.1 Å². The number of methoxy groups -OCH3 is 1. The molecule has 152 valence electrons. The van der Waals surface area contributed by atoms with E-state index in [4.69, 9.17) is 4.74 Å². The average Bonchev–Trinajstić information content (AvgIpc) is 2.76. The molecule has 0 aliphatic carbocycles. The maximum atomic E-state index is 13.2. The lowest BCUT2D eigenvalue weighted by Gasteiger charge is -2.16. The van der Waals surface area contributed by atoms with Crippen molar-refractivity contribution in [1.29, 1.82) is 0 Å². The number of nitrogens with zero attached hydrogens (tertiary/aromatic N) is 2. The van der Waals surface area contributed by atoms with Crippen molar-refractivity contribution in [2.24, 2.45) is 0 Å². The number of benzene rings is 2. The summed E-state index contributed by atoms with van der Waals surface area (Å²) in [6.07, 6.45) is 1.77. The lowest BCUT2D eigenvalue weighted by atomic mass is 10.2. The number of nitrogens with one attached hydrogen (secondary N) is 1. The second-order valence-corrected chi connectivity index (χ2v) is 7.57. The SMILES string of the molecule is CCC(CC)NC(=O)CSc1nc2ccccc2c(=O)n1-c1cccc(OC)c1. The van der Waals surface area contributed by atoms with E-state index < -0.39 is 0 Å². The van der Waals surface area contributed by atoms with E-state index >= 15 is 0 Å². The number of hydrogen-bond donors (Lipinski definition) is 1. The van der Waals surface area contributed by atoms with Crippen molar-refractivity contribution in [3.63, 3.8) is 0 Å². The van der Waals surface area contributed by atoms with Gasteiger partial charge in [0.05, 0.1) is 29.5 Å². The first kappa shape index (κ1) is 20.9. The molecule has 0 atom stereocenters. The van der Waals surface area contributed by atoms with Gasteiger partial charge >= 0.3 is 0 Å². The Morgan fingerprint density at radius 3 is 2.66 bits per heavy atom. The molecule has 0 saturated carbocycles. The summed E-state index contributed by atoms with van der Waals surface area (Å²) in [5.74, 6) is 0.763. The number of para-hydroxylation sites is 1. The molecule has 1 heterocycles. The highest BCUT2D eigenvalue weighted by Crippen LogP contribution is 2.23. The predicted octanol–water partition coefficient (Wildman–Crippen LogP) is 3.79. The van der Waals surface area contributed by atoms with Crippen LogP contribution >= 0.6 is 11.8 Å². The van der Waals surface area contributed by atoms with Crippen LogP contribution in [0.2, 0.25) is 0 Å². The van der Waals surface area contributed by atoms with Crippen molar-refractivity contribution in [2.75, 3.05) is 12.9 Å². The minimum absolute atomic E-state index is 0.0664. The molecule has 0 spiro atoms. The number of hydrogen-bond acceptors (Lipinski definition) is 5. The van der Waals surface area contributed by atoms with Crippen LogP contribution in [0.3, 0.4) is 0 Å². The number of aromatic nitrogens is 2. The van der Waals surface area contributed by atoms with Crippen LogP contribution in [0.4, 0.5) is 0 Å². The van der Waals surface area contributed by atoms with E-state index in [1.807, 2.05) is 44.2 Å². The Labute approximate surface area is 174 Å². The number of ether oxygens (including phenoxy) is 1. The average molecular weight is 412 g/mol. The van der Waals surface area contributed by atoms with Crippen LogP contribution in [-0.4, -0.2) is 34.4 Å². The highest BCUT2D eigenvalue weighted by Gasteiger charge is 2.16. The fraction of sp³-hybridized carbons (Fsp3) is 0.318. The fourth-order valence-electron chi connectivity index (χ4n) is 3.08. The summed E-state index contributed by atoms with van der Waals surface area (Å²) >= 11 is 1.25. The molecule has 0 bridgehead atoms. The van der Waals surface area contributed by atoms with Crippen LogP contribution in [0.25, 0.3) is 16.6 Å². The predicted molar refractivity (Wildman–Crippen MR) is 117 cm³/mol. The van der Waals surface area contributed by atoms with E-state index in [1.165, 1.54) is 11.8 Å². The minimum atomic E-state index is -0.174. The van der Waals surface area contributed by atoms with Gasteiger partial charge in [0.1, 0.15) is 5.75 Å². The van der Waals surface area contributed by atoms with E-state index in [9.17, 15) is 9.59 Å². The number of carbonyl (C=O) groups excluding carboxylic acids is 1. The molecule has 1 aromatic heterocycles. The van der Waals surface area contributed by atoms with Gasteiger partial charge in [-0.3, -0.25) is 14.2 Å². The summed E-state index contributed by atoms with van der Waals surface area (Å²) in [4.78, 5) is 30.3. The second-order valence-electron chi connectivity index (χ2n) is 6.62. The monoisotopic (exact) mass is 411 g/mol. The molecule has 7 heteroatoms. The molecule has 2 aromatic carbocycles. The van der Waals surface area contributed by atoms with E-state index in [0.717, 1.165) is 12.8 Å². The van der Waals surface area contributed by atoms with Gasteiger partial charge in [-0.2, -0.15) is 0 Å². The highest BCUT2D eigenvalue weighted by atomic mass is 32.2. The van der Waals surface area contributed by atoms with Crippen LogP contribution < -0.4 is 15.6 Å². The standard InChI is InChI=1S/C22H25N3O3S/c1-4-15(5-2)23-20(26)14-29-22-24-19-12-7-6-11-18(19)21(27)25(22)16-9-8-10-17(13-16)28-3/h6-13,15H,4-5,14H2,1-3H3,(H,23,26). The summed E-state index contributed by atoms with van der Waals surface area (Å²) in [5, 5.41) is 4.02. The summed E-state index contributed by atoms with van der Waals surface area (Å²) < 4.78 is 6.85. The molecular formula is C22H25N3O3S. The van der Waals surface area contributed by atoms with Gasteiger partial charge in [0.2, 0.25) is 5.91 Å². The Morgan fingerprint density at radius 2 is 1.93 bits per heavy atom. The first-order chi connectivity index (χ1) is 14.1. The Bertz CT molecular complexity index is 1060. The summed E-state index contributed by atoms with van der Waals surface area (Å²) in [6, 6.07) is 14.6. The molecule has 0 aliphatic heterocycles. The van der Waals surface area contributed by atoms with E-state index in [1.54, 1.807) is 29.9 Å². The Hall–Kier alpha value is -2.80. The van der Waals surface area contributed by atoms with Gasteiger partial charge in [-0.25, -0.2) is 4.98 Å². The van der Waals surface area contributed by atoms with Crippen LogP contribution in [0, 0.1) is 0 Å². The maximum Gasteiger partial charge on any atom is 0.266 e. The van der Waals surface area contributed by atoms with Crippen molar-refractivity contribution in [3.05, 3.63) is 58.9 Å². The zero-order chi connectivity index (χ0) is 20.8. The zero-order valence-electron chi connectivity index (χ0n) is 16.8.